The Balaban J connectivity index is 1.62. The Morgan fingerprint density at radius 2 is 2.18 bits per heavy atom. The molecule has 116 valence electrons. The number of carbonyl (C=O) groups is 1. The number of aromatic amines is 1. The van der Waals surface area contributed by atoms with E-state index in [1.165, 1.54) is 0 Å². The van der Waals surface area contributed by atoms with Gasteiger partial charge < -0.3 is 9.88 Å². The lowest BCUT2D eigenvalue weighted by atomic mass is 10.1. The summed E-state index contributed by atoms with van der Waals surface area (Å²) in [4.78, 5) is 22.2. The number of carbonyl (C=O) groups excluding carboxylic acids is 1. The fraction of sp³-hybridized carbons (Fsp3) is 0.412. The molecule has 1 atom stereocenters. The van der Waals surface area contributed by atoms with Gasteiger partial charge in [0.25, 0.3) is 0 Å². The Morgan fingerprint density at radius 1 is 1.41 bits per heavy atom. The maximum absolute atomic E-state index is 12.5. The van der Waals surface area contributed by atoms with Crippen LogP contribution in [0.15, 0.2) is 30.5 Å². The first-order valence-electron chi connectivity index (χ1n) is 7.69. The van der Waals surface area contributed by atoms with E-state index >= 15 is 0 Å². The van der Waals surface area contributed by atoms with Crippen LogP contribution in [-0.2, 0) is 11.2 Å². The van der Waals surface area contributed by atoms with Gasteiger partial charge in [0.05, 0.1) is 6.04 Å². The van der Waals surface area contributed by atoms with Gasteiger partial charge in [-0.05, 0) is 43.9 Å². The van der Waals surface area contributed by atoms with Crippen molar-refractivity contribution in [1.29, 1.82) is 0 Å². The maximum atomic E-state index is 12.5. The number of H-pyrrole nitrogens is 1. The lowest BCUT2D eigenvalue weighted by molar-refractivity contribution is -0.132. The number of aromatic nitrogens is 2. The molecular formula is C17H20ClN3O. The Kier molecular flexibility index (Phi) is 4.48. The third-order valence-corrected chi connectivity index (χ3v) is 4.40. The summed E-state index contributed by atoms with van der Waals surface area (Å²) >= 11 is 5.88. The topological polar surface area (TPSA) is 49.0 Å². The number of amides is 1. The summed E-state index contributed by atoms with van der Waals surface area (Å²) in [5.74, 6) is 1.11. The van der Waals surface area contributed by atoms with E-state index < -0.39 is 0 Å². The largest absolute Gasteiger partial charge is 0.344 e. The molecule has 22 heavy (non-hydrogen) atoms. The number of benzene rings is 1. The summed E-state index contributed by atoms with van der Waals surface area (Å²) in [6.07, 6.45) is 5.12. The highest BCUT2D eigenvalue weighted by atomic mass is 35.5. The van der Waals surface area contributed by atoms with E-state index in [0.29, 0.717) is 6.42 Å². The molecular weight excluding hydrogens is 298 g/mol. The second kappa shape index (κ2) is 6.53. The Labute approximate surface area is 135 Å². The molecule has 0 radical (unpaired) electrons. The molecule has 1 amide bonds. The smallest absolute Gasteiger partial charge is 0.223 e. The molecule has 1 aliphatic heterocycles. The number of hydrogen-bond donors (Lipinski definition) is 1. The van der Waals surface area contributed by atoms with E-state index in [0.717, 1.165) is 47.9 Å². The van der Waals surface area contributed by atoms with Gasteiger partial charge in [-0.15, -0.1) is 0 Å². The monoisotopic (exact) mass is 317 g/mol. The van der Waals surface area contributed by atoms with Gasteiger partial charge in [-0.25, -0.2) is 4.98 Å². The summed E-state index contributed by atoms with van der Waals surface area (Å²) in [7, 11) is 0. The van der Waals surface area contributed by atoms with E-state index in [-0.39, 0.29) is 11.9 Å². The van der Waals surface area contributed by atoms with Gasteiger partial charge >= 0.3 is 0 Å². The van der Waals surface area contributed by atoms with Gasteiger partial charge in [0.1, 0.15) is 5.82 Å². The van der Waals surface area contributed by atoms with Gasteiger partial charge in [0, 0.05) is 29.9 Å². The summed E-state index contributed by atoms with van der Waals surface area (Å²) in [6, 6.07) is 7.79. The Bertz CT molecular complexity index is 650. The van der Waals surface area contributed by atoms with Crippen LogP contribution in [0.3, 0.4) is 0 Å². The third-order valence-electron chi connectivity index (χ3n) is 4.15. The highest BCUT2D eigenvalue weighted by Crippen LogP contribution is 2.30. The van der Waals surface area contributed by atoms with E-state index in [2.05, 4.69) is 9.97 Å². The fourth-order valence-electron chi connectivity index (χ4n) is 3.00. The van der Waals surface area contributed by atoms with Crippen LogP contribution in [0.25, 0.3) is 0 Å². The first-order chi connectivity index (χ1) is 10.6. The highest BCUT2D eigenvalue weighted by Gasteiger charge is 2.31. The molecule has 5 heteroatoms. The molecule has 3 rings (SSSR count). The van der Waals surface area contributed by atoms with Gasteiger partial charge in [0.2, 0.25) is 5.91 Å². The number of imidazole rings is 1. The lowest BCUT2D eigenvalue weighted by Gasteiger charge is -2.23. The number of hydrogen-bond acceptors (Lipinski definition) is 2. The zero-order valence-electron chi connectivity index (χ0n) is 12.7. The molecule has 1 saturated heterocycles. The van der Waals surface area contributed by atoms with Crippen molar-refractivity contribution in [3.8, 4) is 0 Å². The molecule has 4 nitrogen and oxygen atoms in total. The van der Waals surface area contributed by atoms with Crippen LogP contribution in [0, 0.1) is 6.92 Å². The number of aryl methyl sites for hydroxylation is 2. The van der Waals surface area contributed by atoms with Gasteiger partial charge in [-0.3, -0.25) is 4.79 Å². The predicted octanol–water partition coefficient (Wildman–Crippen LogP) is 3.67. The van der Waals surface area contributed by atoms with Crippen LogP contribution in [0.1, 0.15) is 42.4 Å². The fourth-order valence-corrected chi connectivity index (χ4v) is 3.12. The number of likely N-dealkylation sites (tertiary alicyclic amines) is 1. The first kappa shape index (κ1) is 15.1. The second-order valence-corrected chi connectivity index (χ2v) is 6.26. The van der Waals surface area contributed by atoms with E-state index in [9.17, 15) is 4.79 Å². The molecule has 0 aliphatic carbocycles. The minimum Gasteiger partial charge on any atom is -0.344 e. The van der Waals surface area contributed by atoms with Crippen molar-refractivity contribution in [3.05, 3.63) is 52.6 Å². The van der Waals surface area contributed by atoms with Gasteiger partial charge in [0.15, 0.2) is 0 Å². The molecule has 0 bridgehead atoms. The Morgan fingerprint density at radius 3 is 2.86 bits per heavy atom. The molecule has 1 N–H and O–H groups in total. The number of halogens is 1. The number of nitrogens with zero attached hydrogens (tertiary/aromatic N) is 2. The van der Waals surface area contributed by atoms with Crippen LogP contribution in [-0.4, -0.2) is 27.3 Å². The summed E-state index contributed by atoms with van der Waals surface area (Å²) in [5, 5.41) is 0.725. The minimum atomic E-state index is 0.103. The SMILES string of the molecule is Cc1cnc([C@H]2CCCN2C(=O)CCc2ccc(Cl)cc2)[nH]1. The maximum Gasteiger partial charge on any atom is 0.223 e. The Hall–Kier alpha value is -1.81. The zero-order chi connectivity index (χ0) is 15.5. The lowest BCUT2D eigenvalue weighted by Crippen LogP contribution is -2.31. The average Bonchev–Trinajstić information content (AvgIpc) is 3.14. The van der Waals surface area contributed by atoms with Crippen LogP contribution in [0.2, 0.25) is 5.02 Å². The molecule has 0 unspecified atom stereocenters. The number of nitrogens with one attached hydrogen (secondary N) is 1. The normalized spacial score (nSPS) is 17.9. The van der Waals surface area contributed by atoms with Crippen molar-refractivity contribution in [3.63, 3.8) is 0 Å². The third kappa shape index (κ3) is 3.33. The van der Waals surface area contributed by atoms with Crippen LogP contribution in [0.4, 0.5) is 0 Å². The molecule has 0 spiro atoms. The molecule has 2 aromatic rings. The van der Waals surface area contributed by atoms with E-state index in [1.807, 2.05) is 42.3 Å². The summed E-state index contributed by atoms with van der Waals surface area (Å²) in [5.41, 5.74) is 2.18. The van der Waals surface area contributed by atoms with Crippen molar-refractivity contribution in [2.45, 2.75) is 38.6 Å². The summed E-state index contributed by atoms with van der Waals surface area (Å²) < 4.78 is 0. The quantitative estimate of drug-likeness (QED) is 0.935. The van der Waals surface area contributed by atoms with Crippen LogP contribution in [0.5, 0.6) is 0 Å². The van der Waals surface area contributed by atoms with E-state index in [4.69, 9.17) is 11.6 Å². The zero-order valence-corrected chi connectivity index (χ0v) is 13.4. The molecule has 0 saturated carbocycles. The minimum absolute atomic E-state index is 0.103. The molecule has 1 fully saturated rings. The van der Waals surface area contributed by atoms with Crippen LogP contribution >= 0.6 is 11.6 Å². The molecule has 1 aromatic heterocycles. The molecule has 2 heterocycles. The van der Waals surface area contributed by atoms with Crippen molar-refractivity contribution >= 4 is 17.5 Å². The second-order valence-electron chi connectivity index (χ2n) is 5.82. The van der Waals surface area contributed by atoms with Crippen LogP contribution < -0.4 is 0 Å². The van der Waals surface area contributed by atoms with Crippen molar-refractivity contribution in [2.24, 2.45) is 0 Å². The van der Waals surface area contributed by atoms with Gasteiger partial charge in [-0.1, -0.05) is 23.7 Å². The van der Waals surface area contributed by atoms with Crippen molar-refractivity contribution < 1.29 is 4.79 Å². The average molecular weight is 318 g/mol. The summed E-state index contributed by atoms with van der Waals surface area (Å²) in [6.45, 7) is 2.81. The molecule has 1 aromatic carbocycles. The van der Waals surface area contributed by atoms with Crippen molar-refractivity contribution in [2.75, 3.05) is 6.54 Å². The highest BCUT2D eigenvalue weighted by molar-refractivity contribution is 6.30. The predicted molar refractivity (Wildman–Crippen MR) is 86.8 cm³/mol. The van der Waals surface area contributed by atoms with Crippen molar-refractivity contribution in [1.82, 2.24) is 14.9 Å². The standard InChI is InChI=1S/C17H20ClN3O/c1-12-11-19-17(20-12)15-3-2-10-21(15)16(22)9-6-13-4-7-14(18)8-5-13/h4-5,7-8,11,15H,2-3,6,9-10H2,1H3,(H,19,20)/t15-/m1/s1. The van der Waals surface area contributed by atoms with E-state index in [1.54, 1.807) is 0 Å². The number of rotatable bonds is 4. The van der Waals surface area contributed by atoms with Gasteiger partial charge in [-0.2, -0.15) is 0 Å². The molecule has 1 aliphatic rings. The first-order valence-corrected chi connectivity index (χ1v) is 8.06.